The van der Waals surface area contributed by atoms with Crippen LogP contribution in [0.3, 0.4) is 0 Å². The van der Waals surface area contributed by atoms with E-state index in [4.69, 9.17) is 0 Å². The molecule has 58 valence electrons. The van der Waals surface area contributed by atoms with Gasteiger partial charge in [-0.25, -0.2) is 4.79 Å². The molecule has 0 radical (unpaired) electrons. The van der Waals surface area contributed by atoms with E-state index >= 15 is 0 Å². The maximum atomic E-state index is 11.2. The van der Waals surface area contributed by atoms with E-state index in [0.717, 1.165) is 6.92 Å². The summed E-state index contributed by atoms with van der Waals surface area (Å²) in [5.41, 5.74) is -0.280. The van der Waals surface area contributed by atoms with Gasteiger partial charge in [0.05, 0.1) is 0 Å². The highest BCUT2D eigenvalue weighted by Gasteiger charge is 2.33. The molecular formula is C5H5F3O2. The van der Waals surface area contributed by atoms with E-state index < -0.39 is 12.3 Å². The molecule has 0 aliphatic rings. The van der Waals surface area contributed by atoms with Crippen LogP contribution in [0, 0.1) is 0 Å². The van der Waals surface area contributed by atoms with Crippen LogP contribution >= 0.6 is 0 Å². The highest BCUT2D eigenvalue weighted by atomic mass is 19.4. The normalized spacial score (nSPS) is 10.8. The summed E-state index contributed by atoms with van der Waals surface area (Å²) in [6.07, 6.45) is -4.91. The summed E-state index contributed by atoms with van der Waals surface area (Å²) in [6.45, 7) is 4.10. The minimum atomic E-state index is -4.91. The molecule has 5 heteroatoms. The number of hydrogen-bond donors (Lipinski definition) is 0. The molecule has 0 saturated carbocycles. The zero-order chi connectivity index (χ0) is 8.36. The Hall–Kier alpha value is -1.00. The van der Waals surface area contributed by atoms with Crippen molar-refractivity contribution in [2.75, 3.05) is 0 Å². The van der Waals surface area contributed by atoms with Gasteiger partial charge in [0, 0.05) is 5.57 Å². The van der Waals surface area contributed by atoms with Gasteiger partial charge in [0.25, 0.3) is 0 Å². The third-order valence-corrected chi connectivity index (χ3v) is 0.557. The fourth-order valence-electron chi connectivity index (χ4n) is 0.192. The Morgan fingerprint density at radius 1 is 1.50 bits per heavy atom. The summed E-state index contributed by atoms with van der Waals surface area (Å²) in [7, 11) is 0. The molecule has 0 atom stereocenters. The van der Waals surface area contributed by atoms with Crippen LogP contribution in [0.2, 0.25) is 0 Å². The van der Waals surface area contributed by atoms with Crippen molar-refractivity contribution >= 4 is 5.97 Å². The second kappa shape index (κ2) is 2.72. The van der Waals surface area contributed by atoms with Crippen LogP contribution in [0.5, 0.6) is 0 Å². The van der Waals surface area contributed by atoms with Crippen molar-refractivity contribution in [1.82, 2.24) is 0 Å². The monoisotopic (exact) mass is 154 g/mol. The van der Waals surface area contributed by atoms with Gasteiger partial charge < -0.3 is 4.74 Å². The zero-order valence-corrected chi connectivity index (χ0v) is 5.16. The summed E-state index contributed by atoms with van der Waals surface area (Å²) >= 11 is 0. The Morgan fingerprint density at radius 3 is 2.00 bits per heavy atom. The van der Waals surface area contributed by atoms with E-state index in [1.54, 1.807) is 0 Å². The molecule has 0 unspecified atom stereocenters. The van der Waals surface area contributed by atoms with Crippen LogP contribution in [0.25, 0.3) is 0 Å². The molecule has 10 heavy (non-hydrogen) atoms. The minimum absolute atomic E-state index is 0.280. The molecule has 0 heterocycles. The lowest BCUT2D eigenvalue weighted by Crippen LogP contribution is -2.19. The van der Waals surface area contributed by atoms with Crippen LogP contribution in [0.4, 0.5) is 13.2 Å². The lowest BCUT2D eigenvalue weighted by Gasteiger charge is -2.05. The van der Waals surface area contributed by atoms with Gasteiger partial charge in [-0.2, -0.15) is 0 Å². The number of ether oxygens (including phenoxy) is 1. The van der Waals surface area contributed by atoms with E-state index in [9.17, 15) is 18.0 Å². The average molecular weight is 154 g/mol. The largest absolute Gasteiger partial charge is 0.575 e. The average Bonchev–Trinajstić information content (AvgIpc) is 1.60. The van der Waals surface area contributed by atoms with Gasteiger partial charge in [0.2, 0.25) is 0 Å². The van der Waals surface area contributed by atoms with Crippen LogP contribution in [0.15, 0.2) is 12.2 Å². The van der Waals surface area contributed by atoms with Crippen molar-refractivity contribution < 1.29 is 22.7 Å². The Balaban J connectivity index is 3.93. The maximum Gasteiger partial charge on any atom is 0.575 e. The summed E-state index contributed by atoms with van der Waals surface area (Å²) in [4.78, 5) is 10.1. The molecule has 0 aromatic heterocycles. The van der Waals surface area contributed by atoms with Gasteiger partial charge in [0.15, 0.2) is 0 Å². The molecule has 0 aliphatic carbocycles. The fraction of sp³-hybridized carbons (Fsp3) is 0.400. The van der Waals surface area contributed by atoms with Crippen LogP contribution in [0.1, 0.15) is 6.92 Å². The summed E-state index contributed by atoms with van der Waals surface area (Å²) in [5.74, 6) is -1.45. The summed E-state index contributed by atoms with van der Waals surface area (Å²) < 4.78 is 36.5. The van der Waals surface area contributed by atoms with E-state index in [-0.39, 0.29) is 5.57 Å². The topological polar surface area (TPSA) is 26.3 Å². The number of hydrogen-bond acceptors (Lipinski definition) is 2. The first-order chi connectivity index (χ1) is 4.33. The molecule has 0 saturated heterocycles. The number of alkyl halides is 3. The Bertz CT molecular complexity index is 159. The molecule has 0 bridgehead atoms. The predicted molar refractivity (Wildman–Crippen MR) is 27.0 cm³/mol. The fourth-order valence-corrected chi connectivity index (χ4v) is 0.192. The van der Waals surface area contributed by atoms with Crippen molar-refractivity contribution in [2.24, 2.45) is 0 Å². The Labute approximate surface area is 55.3 Å². The van der Waals surface area contributed by atoms with E-state index in [0.29, 0.717) is 0 Å². The molecule has 0 fully saturated rings. The first-order valence-corrected chi connectivity index (χ1v) is 2.28. The highest BCUT2D eigenvalue weighted by Crippen LogP contribution is 2.17. The number of esters is 1. The number of carbonyl (C=O) groups excluding carboxylic acids is 1. The summed E-state index contributed by atoms with van der Waals surface area (Å²) in [5, 5.41) is 0. The zero-order valence-electron chi connectivity index (χ0n) is 5.16. The van der Waals surface area contributed by atoms with Crippen LogP contribution in [-0.4, -0.2) is 12.3 Å². The molecule has 0 aromatic rings. The predicted octanol–water partition coefficient (Wildman–Crippen LogP) is 1.63. The molecule has 0 spiro atoms. The van der Waals surface area contributed by atoms with Gasteiger partial charge in [-0.3, -0.25) is 0 Å². The third-order valence-electron chi connectivity index (χ3n) is 0.557. The van der Waals surface area contributed by atoms with Gasteiger partial charge in [-0.1, -0.05) is 6.58 Å². The van der Waals surface area contributed by atoms with Crippen molar-refractivity contribution in [3.8, 4) is 0 Å². The quantitative estimate of drug-likeness (QED) is 0.423. The second-order valence-corrected chi connectivity index (χ2v) is 1.62. The first kappa shape index (κ1) is 9.00. The molecular weight excluding hydrogens is 149 g/mol. The smallest absolute Gasteiger partial charge is 0.369 e. The molecule has 0 amide bonds. The maximum absolute atomic E-state index is 11.2. The van der Waals surface area contributed by atoms with Crippen molar-refractivity contribution in [3.05, 3.63) is 12.2 Å². The number of halogens is 3. The standard InChI is InChI=1S/C5H5F3O2/c1-3(2)4(9)10-5(6,7)8/h1H2,2H3. The SMILES string of the molecule is C=C(C)C(=O)OC(F)(F)F. The van der Waals surface area contributed by atoms with Gasteiger partial charge in [-0.15, -0.1) is 13.2 Å². The minimum Gasteiger partial charge on any atom is -0.369 e. The van der Waals surface area contributed by atoms with Gasteiger partial charge in [-0.05, 0) is 6.92 Å². The molecule has 2 nitrogen and oxygen atoms in total. The van der Waals surface area contributed by atoms with Gasteiger partial charge >= 0.3 is 12.3 Å². The van der Waals surface area contributed by atoms with E-state index in [1.807, 2.05) is 0 Å². The Morgan fingerprint density at radius 2 is 1.90 bits per heavy atom. The molecule has 0 aliphatic heterocycles. The molecule has 0 rings (SSSR count). The van der Waals surface area contributed by atoms with Crippen molar-refractivity contribution in [1.29, 1.82) is 0 Å². The van der Waals surface area contributed by atoms with E-state index in [2.05, 4.69) is 11.3 Å². The van der Waals surface area contributed by atoms with E-state index in [1.165, 1.54) is 0 Å². The number of rotatable bonds is 1. The number of carbonyl (C=O) groups is 1. The van der Waals surface area contributed by atoms with Crippen LogP contribution < -0.4 is 0 Å². The Kier molecular flexibility index (Phi) is 2.45. The molecule has 0 N–H and O–H groups in total. The van der Waals surface area contributed by atoms with Crippen molar-refractivity contribution in [3.63, 3.8) is 0 Å². The lowest BCUT2D eigenvalue weighted by molar-refractivity contribution is -0.303. The highest BCUT2D eigenvalue weighted by molar-refractivity contribution is 5.87. The molecule has 0 aromatic carbocycles. The second-order valence-electron chi connectivity index (χ2n) is 1.62. The first-order valence-electron chi connectivity index (χ1n) is 2.28. The summed E-state index contributed by atoms with van der Waals surface area (Å²) in [6, 6.07) is 0. The lowest BCUT2D eigenvalue weighted by atomic mass is 10.4. The third kappa shape index (κ3) is 3.94. The van der Waals surface area contributed by atoms with Crippen molar-refractivity contribution in [2.45, 2.75) is 13.3 Å². The van der Waals surface area contributed by atoms with Gasteiger partial charge in [0.1, 0.15) is 0 Å². The van der Waals surface area contributed by atoms with Crippen LogP contribution in [-0.2, 0) is 9.53 Å².